The summed E-state index contributed by atoms with van der Waals surface area (Å²) < 4.78 is 4.94. The van der Waals surface area contributed by atoms with E-state index in [1.165, 1.54) is 0 Å². The molecule has 1 N–H and O–H groups in total. The second kappa shape index (κ2) is 8.55. The van der Waals surface area contributed by atoms with Gasteiger partial charge in [-0.3, -0.25) is 24.5 Å². The highest BCUT2D eigenvalue weighted by Gasteiger charge is 2.44. The SMILES string of the molecule is Cc1ccccc1NC(=O)COC(=O)C[C@H]1C(=O)C[C@@H](C)[C@H]1C[N+](=O)[O-]. The fourth-order valence-electron chi connectivity index (χ4n) is 3.28. The second-order valence-corrected chi connectivity index (χ2v) is 6.66. The van der Waals surface area contributed by atoms with Gasteiger partial charge in [0.2, 0.25) is 6.54 Å². The molecule has 3 atom stereocenters. The summed E-state index contributed by atoms with van der Waals surface area (Å²) in [6.07, 6.45) is -0.0104. The van der Waals surface area contributed by atoms with E-state index in [0.717, 1.165) is 5.56 Å². The number of nitro groups is 1. The monoisotopic (exact) mass is 362 g/mol. The third-order valence-corrected chi connectivity index (χ3v) is 4.71. The number of esters is 1. The third kappa shape index (κ3) is 5.11. The van der Waals surface area contributed by atoms with Crippen molar-refractivity contribution in [1.82, 2.24) is 0 Å². The number of nitrogens with one attached hydrogen (secondary N) is 1. The molecule has 0 unspecified atom stereocenters. The minimum Gasteiger partial charge on any atom is -0.456 e. The van der Waals surface area contributed by atoms with E-state index in [2.05, 4.69) is 5.32 Å². The van der Waals surface area contributed by atoms with Crippen molar-refractivity contribution in [3.63, 3.8) is 0 Å². The zero-order valence-electron chi connectivity index (χ0n) is 14.8. The van der Waals surface area contributed by atoms with Crippen LogP contribution < -0.4 is 5.32 Å². The quantitative estimate of drug-likeness (QED) is 0.450. The molecule has 0 aliphatic heterocycles. The summed E-state index contributed by atoms with van der Waals surface area (Å²) in [4.78, 5) is 46.2. The summed E-state index contributed by atoms with van der Waals surface area (Å²) in [6.45, 7) is 2.79. The number of aryl methyl sites for hydroxylation is 1. The molecule has 8 heteroatoms. The first-order chi connectivity index (χ1) is 12.3. The van der Waals surface area contributed by atoms with Crippen molar-refractivity contribution < 1.29 is 24.0 Å². The first-order valence-electron chi connectivity index (χ1n) is 8.43. The number of carbonyl (C=O) groups is 3. The van der Waals surface area contributed by atoms with E-state index in [1.807, 2.05) is 19.1 Å². The molecule has 140 valence electrons. The van der Waals surface area contributed by atoms with Crippen LogP contribution in [0, 0.1) is 34.8 Å². The number of anilines is 1. The Bertz CT molecular complexity index is 717. The lowest BCUT2D eigenvalue weighted by Crippen LogP contribution is -2.28. The highest BCUT2D eigenvalue weighted by Crippen LogP contribution is 2.36. The predicted molar refractivity (Wildman–Crippen MR) is 93.0 cm³/mol. The van der Waals surface area contributed by atoms with Crippen LogP contribution in [-0.2, 0) is 19.1 Å². The highest BCUT2D eigenvalue weighted by atomic mass is 16.6. The topological polar surface area (TPSA) is 116 Å². The zero-order chi connectivity index (χ0) is 19.3. The molecular weight excluding hydrogens is 340 g/mol. The van der Waals surface area contributed by atoms with Crippen LogP contribution in [0.25, 0.3) is 0 Å². The number of ether oxygens (including phenoxy) is 1. The van der Waals surface area contributed by atoms with Crippen LogP contribution in [-0.4, -0.2) is 35.7 Å². The number of hydrogen-bond acceptors (Lipinski definition) is 6. The van der Waals surface area contributed by atoms with Crippen molar-refractivity contribution in [3.05, 3.63) is 39.9 Å². The summed E-state index contributed by atoms with van der Waals surface area (Å²) >= 11 is 0. The van der Waals surface area contributed by atoms with Gasteiger partial charge in [0.15, 0.2) is 6.61 Å². The van der Waals surface area contributed by atoms with Gasteiger partial charge in [-0.05, 0) is 24.5 Å². The van der Waals surface area contributed by atoms with E-state index in [-0.39, 0.29) is 31.1 Å². The molecular formula is C18H22N2O6. The number of ketones is 1. The molecule has 0 spiro atoms. The van der Waals surface area contributed by atoms with Gasteiger partial charge in [-0.2, -0.15) is 0 Å². The number of para-hydroxylation sites is 1. The Morgan fingerprint density at radius 3 is 2.69 bits per heavy atom. The highest BCUT2D eigenvalue weighted by molar-refractivity contribution is 5.94. The molecule has 26 heavy (non-hydrogen) atoms. The van der Waals surface area contributed by atoms with Crippen molar-refractivity contribution in [2.45, 2.75) is 26.7 Å². The summed E-state index contributed by atoms with van der Waals surface area (Å²) in [5.74, 6) is -2.69. The van der Waals surface area contributed by atoms with Crippen LogP contribution in [0.4, 0.5) is 5.69 Å². The van der Waals surface area contributed by atoms with Gasteiger partial charge in [0, 0.05) is 28.9 Å². The van der Waals surface area contributed by atoms with Crippen molar-refractivity contribution in [2.75, 3.05) is 18.5 Å². The molecule has 0 saturated heterocycles. The molecule has 1 aromatic carbocycles. The second-order valence-electron chi connectivity index (χ2n) is 6.66. The van der Waals surface area contributed by atoms with E-state index in [1.54, 1.807) is 19.1 Å². The Kier molecular flexibility index (Phi) is 6.43. The number of benzene rings is 1. The number of Topliss-reactive ketones (excluding diaryl/α,β-unsaturated/α-hetero) is 1. The number of hydrogen-bond donors (Lipinski definition) is 1. The Morgan fingerprint density at radius 2 is 2.04 bits per heavy atom. The number of carbonyl (C=O) groups excluding carboxylic acids is 3. The van der Waals surface area contributed by atoms with E-state index < -0.39 is 35.2 Å². The maximum atomic E-state index is 12.0. The number of amides is 1. The average molecular weight is 362 g/mol. The van der Waals surface area contributed by atoms with Gasteiger partial charge < -0.3 is 10.1 Å². The lowest BCUT2D eigenvalue weighted by Gasteiger charge is -2.17. The predicted octanol–water partition coefficient (Wildman–Crippen LogP) is 1.98. The fraction of sp³-hybridized carbons (Fsp3) is 0.500. The molecule has 1 aliphatic carbocycles. The van der Waals surface area contributed by atoms with Crippen LogP contribution in [0.1, 0.15) is 25.3 Å². The minimum absolute atomic E-state index is 0.143. The van der Waals surface area contributed by atoms with Gasteiger partial charge in [0.1, 0.15) is 5.78 Å². The largest absolute Gasteiger partial charge is 0.456 e. The fourth-order valence-corrected chi connectivity index (χ4v) is 3.28. The maximum absolute atomic E-state index is 12.0. The van der Waals surface area contributed by atoms with E-state index >= 15 is 0 Å². The standard InChI is InChI=1S/C18H22N2O6/c1-11-5-3-4-6-15(11)19-17(22)10-26-18(23)8-13-14(9-20(24)25)12(2)7-16(13)21/h3-6,12-14H,7-10H2,1-2H3,(H,19,22)/t12-,13-,14-/m1/s1. The molecule has 0 radical (unpaired) electrons. The van der Waals surface area contributed by atoms with Crippen LogP contribution in [0.15, 0.2) is 24.3 Å². The number of rotatable bonds is 7. The van der Waals surface area contributed by atoms with Crippen molar-refractivity contribution in [2.24, 2.45) is 17.8 Å². The summed E-state index contributed by atoms with van der Waals surface area (Å²) in [7, 11) is 0. The Morgan fingerprint density at radius 1 is 1.35 bits per heavy atom. The smallest absolute Gasteiger partial charge is 0.307 e. The zero-order valence-corrected chi connectivity index (χ0v) is 14.8. The summed E-state index contributed by atoms with van der Waals surface area (Å²) in [5.41, 5.74) is 1.50. The lowest BCUT2D eigenvalue weighted by molar-refractivity contribution is -0.490. The van der Waals surface area contributed by atoms with Gasteiger partial charge in [0.05, 0.1) is 6.42 Å². The molecule has 0 heterocycles. The van der Waals surface area contributed by atoms with Gasteiger partial charge >= 0.3 is 5.97 Å². The molecule has 1 fully saturated rings. The molecule has 1 aromatic rings. The Labute approximate surface area is 151 Å². The molecule has 2 rings (SSSR count). The van der Waals surface area contributed by atoms with Crippen molar-refractivity contribution in [3.8, 4) is 0 Å². The molecule has 0 bridgehead atoms. The van der Waals surface area contributed by atoms with Crippen molar-refractivity contribution >= 4 is 23.3 Å². The first kappa shape index (κ1) is 19.6. The van der Waals surface area contributed by atoms with Crippen LogP contribution in [0.2, 0.25) is 0 Å². The molecule has 0 aromatic heterocycles. The van der Waals surface area contributed by atoms with E-state index in [9.17, 15) is 24.5 Å². The Hall–Kier alpha value is -2.77. The molecule has 1 amide bonds. The third-order valence-electron chi connectivity index (χ3n) is 4.71. The van der Waals surface area contributed by atoms with Gasteiger partial charge in [0.25, 0.3) is 5.91 Å². The minimum atomic E-state index is -0.720. The number of nitrogens with zero attached hydrogens (tertiary/aromatic N) is 1. The van der Waals surface area contributed by atoms with Crippen LogP contribution in [0.3, 0.4) is 0 Å². The van der Waals surface area contributed by atoms with E-state index in [0.29, 0.717) is 5.69 Å². The van der Waals surface area contributed by atoms with Gasteiger partial charge in [-0.15, -0.1) is 0 Å². The normalized spacial score (nSPS) is 22.1. The molecule has 1 saturated carbocycles. The summed E-state index contributed by atoms with van der Waals surface area (Å²) in [5, 5.41) is 13.4. The summed E-state index contributed by atoms with van der Waals surface area (Å²) in [6, 6.07) is 7.18. The molecule has 1 aliphatic rings. The van der Waals surface area contributed by atoms with Crippen LogP contribution in [0.5, 0.6) is 0 Å². The van der Waals surface area contributed by atoms with Crippen LogP contribution >= 0.6 is 0 Å². The van der Waals surface area contributed by atoms with Gasteiger partial charge in [-0.25, -0.2) is 0 Å². The maximum Gasteiger partial charge on any atom is 0.307 e. The average Bonchev–Trinajstić information content (AvgIpc) is 2.81. The van der Waals surface area contributed by atoms with Crippen molar-refractivity contribution in [1.29, 1.82) is 0 Å². The molecule has 8 nitrogen and oxygen atoms in total. The van der Waals surface area contributed by atoms with E-state index in [4.69, 9.17) is 4.74 Å². The Balaban J connectivity index is 1.85. The van der Waals surface area contributed by atoms with Gasteiger partial charge in [-0.1, -0.05) is 25.1 Å². The lowest BCUT2D eigenvalue weighted by atomic mass is 9.88. The first-order valence-corrected chi connectivity index (χ1v) is 8.43.